The highest BCUT2D eigenvalue weighted by atomic mass is 16.1. The fourth-order valence-electron chi connectivity index (χ4n) is 2.94. The SMILES string of the molecule is Cc1cc(C)c(Nc2cncc(C(=O)NCc3cccnc3)c2)c(C)c1. The average molecular weight is 346 g/mol. The molecule has 0 spiro atoms. The fourth-order valence-corrected chi connectivity index (χ4v) is 2.94. The van der Waals surface area contributed by atoms with Crippen molar-refractivity contribution in [2.45, 2.75) is 27.3 Å². The first-order chi connectivity index (χ1) is 12.5. The highest BCUT2D eigenvalue weighted by Gasteiger charge is 2.09. The molecule has 3 rings (SSSR count). The van der Waals surface area contributed by atoms with Gasteiger partial charge in [-0.3, -0.25) is 14.8 Å². The molecule has 132 valence electrons. The van der Waals surface area contributed by atoms with Crippen LogP contribution in [0.1, 0.15) is 32.6 Å². The van der Waals surface area contributed by atoms with E-state index in [9.17, 15) is 4.79 Å². The van der Waals surface area contributed by atoms with Crippen LogP contribution in [0.5, 0.6) is 0 Å². The van der Waals surface area contributed by atoms with Crippen LogP contribution in [-0.2, 0) is 6.54 Å². The number of nitrogens with zero attached hydrogens (tertiary/aromatic N) is 2. The highest BCUT2D eigenvalue weighted by Crippen LogP contribution is 2.25. The van der Waals surface area contributed by atoms with Gasteiger partial charge in [-0.25, -0.2) is 0 Å². The number of anilines is 2. The van der Waals surface area contributed by atoms with Gasteiger partial charge in [-0.1, -0.05) is 23.8 Å². The predicted octanol–water partition coefficient (Wildman–Crippen LogP) is 4.08. The van der Waals surface area contributed by atoms with Gasteiger partial charge in [0.15, 0.2) is 0 Å². The number of aryl methyl sites for hydroxylation is 3. The molecule has 0 radical (unpaired) electrons. The molecule has 0 atom stereocenters. The number of benzene rings is 1. The Morgan fingerprint density at radius 3 is 2.46 bits per heavy atom. The van der Waals surface area contributed by atoms with Crippen LogP contribution >= 0.6 is 0 Å². The third-order valence-corrected chi connectivity index (χ3v) is 4.12. The molecule has 0 aliphatic carbocycles. The van der Waals surface area contributed by atoms with Gasteiger partial charge in [0.25, 0.3) is 5.91 Å². The Balaban J connectivity index is 1.73. The molecule has 2 heterocycles. The Hall–Kier alpha value is -3.21. The topological polar surface area (TPSA) is 66.9 Å². The summed E-state index contributed by atoms with van der Waals surface area (Å²) in [4.78, 5) is 20.6. The monoisotopic (exact) mass is 346 g/mol. The van der Waals surface area contributed by atoms with E-state index in [4.69, 9.17) is 0 Å². The zero-order valence-electron chi connectivity index (χ0n) is 15.2. The third-order valence-electron chi connectivity index (χ3n) is 4.12. The molecule has 0 saturated carbocycles. The molecule has 0 fully saturated rings. The number of amides is 1. The third kappa shape index (κ3) is 4.25. The molecule has 0 bridgehead atoms. The summed E-state index contributed by atoms with van der Waals surface area (Å²) in [5, 5.41) is 6.27. The summed E-state index contributed by atoms with van der Waals surface area (Å²) < 4.78 is 0. The number of carbonyl (C=O) groups excluding carboxylic acids is 1. The van der Waals surface area contributed by atoms with Crippen LogP contribution in [0.2, 0.25) is 0 Å². The van der Waals surface area contributed by atoms with Crippen molar-refractivity contribution >= 4 is 17.3 Å². The zero-order chi connectivity index (χ0) is 18.5. The van der Waals surface area contributed by atoms with Crippen molar-refractivity contribution in [3.05, 3.63) is 82.9 Å². The standard InChI is InChI=1S/C21H22N4O/c1-14-7-15(2)20(16(3)8-14)25-19-9-18(12-23-13-19)21(26)24-11-17-5-4-6-22-10-17/h4-10,12-13,25H,11H2,1-3H3,(H,24,26). The smallest absolute Gasteiger partial charge is 0.253 e. The molecule has 1 amide bonds. The second-order valence-electron chi connectivity index (χ2n) is 6.40. The molecule has 5 heteroatoms. The van der Waals surface area contributed by atoms with Gasteiger partial charge in [-0.2, -0.15) is 0 Å². The molecule has 1 aromatic carbocycles. The number of pyridine rings is 2. The van der Waals surface area contributed by atoms with Crippen LogP contribution in [0.3, 0.4) is 0 Å². The average Bonchev–Trinajstić information content (AvgIpc) is 2.64. The molecule has 0 aliphatic heterocycles. The summed E-state index contributed by atoms with van der Waals surface area (Å²) in [7, 11) is 0. The Morgan fingerprint density at radius 2 is 1.77 bits per heavy atom. The van der Waals surface area contributed by atoms with Gasteiger partial charge in [-0.05, 0) is 49.6 Å². The van der Waals surface area contributed by atoms with E-state index < -0.39 is 0 Å². The molecular formula is C21H22N4O. The number of carbonyl (C=O) groups is 1. The van der Waals surface area contributed by atoms with E-state index in [2.05, 4.69) is 53.5 Å². The minimum absolute atomic E-state index is 0.164. The molecule has 26 heavy (non-hydrogen) atoms. The van der Waals surface area contributed by atoms with Crippen molar-refractivity contribution in [2.75, 3.05) is 5.32 Å². The summed E-state index contributed by atoms with van der Waals surface area (Å²) >= 11 is 0. The maximum Gasteiger partial charge on any atom is 0.253 e. The van der Waals surface area contributed by atoms with Crippen LogP contribution in [0.4, 0.5) is 11.4 Å². The molecule has 2 aromatic heterocycles. The molecule has 2 N–H and O–H groups in total. The van der Waals surface area contributed by atoms with E-state index in [-0.39, 0.29) is 5.91 Å². The van der Waals surface area contributed by atoms with Crippen molar-refractivity contribution in [3.8, 4) is 0 Å². The Morgan fingerprint density at radius 1 is 1.00 bits per heavy atom. The molecule has 0 aliphatic rings. The maximum atomic E-state index is 12.4. The summed E-state index contributed by atoms with van der Waals surface area (Å²) in [5.74, 6) is -0.164. The largest absolute Gasteiger partial charge is 0.354 e. The first kappa shape index (κ1) is 17.6. The minimum atomic E-state index is -0.164. The lowest BCUT2D eigenvalue weighted by Gasteiger charge is -2.14. The lowest BCUT2D eigenvalue weighted by atomic mass is 10.0. The van der Waals surface area contributed by atoms with Crippen molar-refractivity contribution in [1.82, 2.24) is 15.3 Å². The van der Waals surface area contributed by atoms with Gasteiger partial charge in [-0.15, -0.1) is 0 Å². The molecule has 5 nitrogen and oxygen atoms in total. The van der Waals surface area contributed by atoms with Crippen LogP contribution in [0.15, 0.2) is 55.1 Å². The van der Waals surface area contributed by atoms with E-state index in [0.717, 1.165) is 28.1 Å². The number of hydrogen-bond acceptors (Lipinski definition) is 4. The Labute approximate surface area is 153 Å². The van der Waals surface area contributed by atoms with Gasteiger partial charge < -0.3 is 10.6 Å². The van der Waals surface area contributed by atoms with Crippen molar-refractivity contribution in [3.63, 3.8) is 0 Å². The van der Waals surface area contributed by atoms with Gasteiger partial charge in [0, 0.05) is 30.8 Å². The van der Waals surface area contributed by atoms with E-state index in [1.54, 1.807) is 24.8 Å². The normalized spacial score (nSPS) is 10.4. The van der Waals surface area contributed by atoms with Gasteiger partial charge in [0.1, 0.15) is 0 Å². The fraction of sp³-hybridized carbons (Fsp3) is 0.190. The van der Waals surface area contributed by atoms with Gasteiger partial charge >= 0.3 is 0 Å². The van der Waals surface area contributed by atoms with E-state index >= 15 is 0 Å². The van der Waals surface area contributed by atoms with Crippen LogP contribution < -0.4 is 10.6 Å². The van der Waals surface area contributed by atoms with Crippen LogP contribution in [0, 0.1) is 20.8 Å². The maximum absolute atomic E-state index is 12.4. The van der Waals surface area contributed by atoms with E-state index in [1.165, 1.54) is 5.56 Å². The summed E-state index contributed by atoms with van der Waals surface area (Å²) in [5.41, 5.74) is 6.85. The number of aromatic nitrogens is 2. The quantitative estimate of drug-likeness (QED) is 0.731. The lowest BCUT2D eigenvalue weighted by molar-refractivity contribution is 0.0950. The van der Waals surface area contributed by atoms with Crippen molar-refractivity contribution < 1.29 is 4.79 Å². The molecule has 0 saturated heterocycles. The molecule has 0 unspecified atom stereocenters. The Bertz CT molecular complexity index is 899. The number of hydrogen-bond donors (Lipinski definition) is 2. The van der Waals surface area contributed by atoms with Gasteiger partial charge in [0.05, 0.1) is 17.4 Å². The molecule has 3 aromatic rings. The first-order valence-corrected chi connectivity index (χ1v) is 8.50. The summed E-state index contributed by atoms with van der Waals surface area (Å²) in [6.45, 7) is 6.65. The number of nitrogens with one attached hydrogen (secondary N) is 2. The molecular weight excluding hydrogens is 324 g/mol. The minimum Gasteiger partial charge on any atom is -0.354 e. The zero-order valence-corrected chi connectivity index (χ0v) is 15.2. The second kappa shape index (κ2) is 7.78. The van der Waals surface area contributed by atoms with E-state index in [0.29, 0.717) is 12.1 Å². The summed E-state index contributed by atoms with van der Waals surface area (Å²) in [6.07, 6.45) is 6.73. The lowest BCUT2D eigenvalue weighted by Crippen LogP contribution is -2.23. The predicted molar refractivity (Wildman–Crippen MR) is 104 cm³/mol. The summed E-state index contributed by atoms with van der Waals surface area (Å²) in [6, 6.07) is 9.84. The Kier molecular flexibility index (Phi) is 5.27. The number of rotatable bonds is 5. The van der Waals surface area contributed by atoms with Gasteiger partial charge in [0.2, 0.25) is 0 Å². The second-order valence-corrected chi connectivity index (χ2v) is 6.40. The van der Waals surface area contributed by atoms with Crippen molar-refractivity contribution in [2.24, 2.45) is 0 Å². The van der Waals surface area contributed by atoms with E-state index in [1.807, 2.05) is 18.2 Å². The van der Waals surface area contributed by atoms with Crippen LogP contribution in [0.25, 0.3) is 0 Å². The van der Waals surface area contributed by atoms with Crippen LogP contribution in [-0.4, -0.2) is 15.9 Å². The van der Waals surface area contributed by atoms with Crippen molar-refractivity contribution in [1.29, 1.82) is 0 Å². The highest BCUT2D eigenvalue weighted by molar-refractivity contribution is 5.94. The first-order valence-electron chi connectivity index (χ1n) is 8.50.